The molecule has 2 fully saturated rings. The fourth-order valence-electron chi connectivity index (χ4n) is 3.54. The molecule has 0 aliphatic carbocycles. The summed E-state index contributed by atoms with van der Waals surface area (Å²) in [5.41, 5.74) is 1.14. The molecule has 2 aliphatic rings. The van der Waals surface area contributed by atoms with Crippen LogP contribution in [0, 0.1) is 11.7 Å². The lowest BCUT2D eigenvalue weighted by atomic mass is 9.96. The normalized spacial score (nSPS) is 24.0. The summed E-state index contributed by atoms with van der Waals surface area (Å²) < 4.78 is 14.3. The zero-order valence-corrected chi connectivity index (χ0v) is 14.6. The zero-order valence-electron chi connectivity index (χ0n) is 12.2. The maximum Gasteiger partial charge on any atom is 0.137 e. The van der Waals surface area contributed by atoms with E-state index in [9.17, 15) is 4.39 Å². The Kier molecular flexibility index (Phi) is 6.48. The van der Waals surface area contributed by atoms with Gasteiger partial charge in [0.05, 0.1) is 4.47 Å². The average Bonchev–Trinajstić information content (AvgIpc) is 2.91. The molecule has 2 aliphatic heterocycles. The molecule has 0 saturated carbocycles. The van der Waals surface area contributed by atoms with E-state index < -0.39 is 0 Å². The van der Waals surface area contributed by atoms with E-state index in [2.05, 4.69) is 32.2 Å². The van der Waals surface area contributed by atoms with Crippen molar-refractivity contribution in [1.29, 1.82) is 0 Å². The van der Waals surface area contributed by atoms with Crippen molar-refractivity contribution in [2.45, 2.75) is 31.7 Å². The highest BCUT2D eigenvalue weighted by molar-refractivity contribution is 9.10. The molecule has 0 aromatic heterocycles. The minimum absolute atomic E-state index is 0. The van der Waals surface area contributed by atoms with Crippen LogP contribution in [0.5, 0.6) is 0 Å². The maximum atomic E-state index is 13.7. The second-order valence-corrected chi connectivity index (χ2v) is 6.87. The van der Waals surface area contributed by atoms with Crippen LogP contribution >= 0.6 is 28.3 Å². The number of rotatable bonds is 3. The Morgan fingerprint density at radius 3 is 2.71 bits per heavy atom. The predicted octanol–water partition coefficient (Wildman–Crippen LogP) is 4.15. The van der Waals surface area contributed by atoms with Gasteiger partial charge in [-0.15, -0.1) is 12.4 Å². The molecule has 21 heavy (non-hydrogen) atoms. The molecule has 1 unspecified atom stereocenters. The highest BCUT2D eigenvalue weighted by atomic mass is 79.9. The molecule has 2 heterocycles. The van der Waals surface area contributed by atoms with Crippen molar-refractivity contribution in [3.63, 3.8) is 0 Å². The van der Waals surface area contributed by atoms with Crippen molar-refractivity contribution < 1.29 is 4.39 Å². The Bertz CT molecular complexity index is 466. The van der Waals surface area contributed by atoms with E-state index in [-0.39, 0.29) is 18.2 Å². The minimum atomic E-state index is -0.142. The molecule has 0 bridgehead atoms. The van der Waals surface area contributed by atoms with E-state index in [1.54, 1.807) is 6.07 Å². The SMILES string of the molecule is Cl.Fc1cc(C2CCCN2CC2CCNCC2)ccc1Br. The summed E-state index contributed by atoms with van der Waals surface area (Å²) in [6.07, 6.45) is 4.94. The first kappa shape index (κ1) is 17.2. The van der Waals surface area contributed by atoms with Gasteiger partial charge in [-0.25, -0.2) is 4.39 Å². The Morgan fingerprint density at radius 1 is 1.24 bits per heavy atom. The molecule has 0 radical (unpaired) electrons. The van der Waals surface area contributed by atoms with Crippen molar-refractivity contribution in [2.24, 2.45) is 5.92 Å². The van der Waals surface area contributed by atoms with E-state index >= 15 is 0 Å². The summed E-state index contributed by atoms with van der Waals surface area (Å²) in [6, 6.07) is 6.02. The number of likely N-dealkylation sites (tertiary alicyclic amines) is 1. The number of piperidine rings is 1. The summed E-state index contributed by atoms with van der Waals surface area (Å²) in [5.74, 6) is 0.661. The topological polar surface area (TPSA) is 15.3 Å². The number of benzene rings is 1. The Hall–Kier alpha value is -0.160. The van der Waals surface area contributed by atoms with Gasteiger partial charge in [0.1, 0.15) is 5.82 Å². The van der Waals surface area contributed by atoms with Gasteiger partial charge >= 0.3 is 0 Å². The van der Waals surface area contributed by atoms with Crippen LogP contribution in [0.2, 0.25) is 0 Å². The first-order valence-electron chi connectivity index (χ1n) is 7.64. The van der Waals surface area contributed by atoms with Crippen LogP contribution in [0.3, 0.4) is 0 Å². The van der Waals surface area contributed by atoms with Gasteiger partial charge < -0.3 is 5.32 Å². The molecule has 3 rings (SSSR count). The summed E-state index contributed by atoms with van der Waals surface area (Å²) in [5, 5.41) is 3.42. The van der Waals surface area contributed by atoms with Gasteiger partial charge in [-0.05, 0) is 84.9 Å². The van der Waals surface area contributed by atoms with Gasteiger partial charge in [-0.1, -0.05) is 6.07 Å². The first-order valence-corrected chi connectivity index (χ1v) is 8.43. The Labute approximate surface area is 141 Å². The number of hydrogen-bond donors (Lipinski definition) is 1. The smallest absolute Gasteiger partial charge is 0.137 e. The Balaban J connectivity index is 0.00000161. The van der Waals surface area contributed by atoms with E-state index in [0.29, 0.717) is 10.5 Å². The van der Waals surface area contributed by atoms with E-state index in [1.165, 1.54) is 25.8 Å². The van der Waals surface area contributed by atoms with Crippen LogP contribution in [0.4, 0.5) is 4.39 Å². The third-order valence-corrected chi connectivity index (χ3v) is 5.29. The van der Waals surface area contributed by atoms with Gasteiger partial charge in [0.2, 0.25) is 0 Å². The van der Waals surface area contributed by atoms with Crippen molar-refractivity contribution in [3.05, 3.63) is 34.1 Å². The van der Waals surface area contributed by atoms with E-state index in [1.807, 2.05) is 6.07 Å². The van der Waals surface area contributed by atoms with Crippen LogP contribution in [-0.2, 0) is 0 Å². The molecule has 1 N–H and O–H groups in total. The van der Waals surface area contributed by atoms with Crippen LogP contribution in [-0.4, -0.2) is 31.1 Å². The largest absolute Gasteiger partial charge is 0.317 e. The van der Waals surface area contributed by atoms with Gasteiger partial charge in [-0.2, -0.15) is 0 Å². The number of halogens is 3. The first-order chi connectivity index (χ1) is 9.74. The third kappa shape index (κ3) is 4.19. The van der Waals surface area contributed by atoms with Crippen LogP contribution in [0.1, 0.15) is 37.3 Å². The molecule has 2 saturated heterocycles. The quantitative estimate of drug-likeness (QED) is 0.851. The van der Waals surface area contributed by atoms with Crippen molar-refractivity contribution in [1.82, 2.24) is 10.2 Å². The van der Waals surface area contributed by atoms with Crippen LogP contribution in [0.25, 0.3) is 0 Å². The molecule has 118 valence electrons. The molecule has 5 heteroatoms. The minimum Gasteiger partial charge on any atom is -0.317 e. The van der Waals surface area contributed by atoms with Gasteiger partial charge in [0.15, 0.2) is 0 Å². The summed E-state index contributed by atoms with van der Waals surface area (Å²) in [7, 11) is 0. The lowest BCUT2D eigenvalue weighted by Gasteiger charge is -2.31. The molecule has 1 aromatic carbocycles. The van der Waals surface area contributed by atoms with E-state index in [0.717, 1.165) is 37.5 Å². The summed E-state index contributed by atoms with van der Waals surface area (Å²) in [6.45, 7) is 4.63. The molecular formula is C16H23BrClFN2. The summed E-state index contributed by atoms with van der Waals surface area (Å²) in [4.78, 5) is 2.57. The van der Waals surface area contributed by atoms with Crippen LogP contribution in [0.15, 0.2) is 22.7 Å². The number of nitrogens with zero attached hydrogens (tertiary/aromatic N) is 1. The lowest BCUT2D eigenvalue weighted by Crippen LogP contribution is -2.36. The molecule has 2 nitrogen and oxygen atoms in total. The van der Waals surface area contributed by atoms with Gasteiger partial charge in [0.25, 0.3) is 0 Å². The van der Waals surface area contributed by atoms with Gasteiger partial charge in [0, 0.05) is 12.6 Å². The fraction of sp³-hybridized carbons (Fsp3) is 0.625. The summed E-state index contributed by atoms with van der Waals surface area (Å²) >= 11 is 3.24. The van der Waals surface area contributed by atoms with Gasteiger partial charge in [-0.3, -0.25) is 4.90 Å². The maximum absolute atomic E-state index is 13.7. The third-order valence-electron chi connectivity index (χ3n) is 4.64. The zero-order chi connectivity index (χ0) is 13.9. The average molecular weight is 378 g/mol. The van der Waals surface area contributed by atoms with Crippen molar-refractivity contribution in [3.8, 4) is 0 Å². The highest BCUT2D eigenvalue weighted by Crippen LogP contribution is 2.34. The van der Waals surface area contributed by atoms with E-state index in [4.69, 9.17) is 0 Å². The van der Waals surface area contributed by atoms with Crippen LogP contribution < -0.4 is 5.32 Å². The molecule has 0 amide bonds. The standard InChI is InChI=1S/C16H22BrFN2.ClH/c17-14-4-3-13(10-15(14)18)16-2-1-9-20(16)11-12-5-7-19-8-6-12;/h3-4,10,12,16,19H,1-2,5-9,11H2;1H. The molecule has 0 spiro atoms. The molecule has 1 aromatic rings. The second-order valence-electron chi connectivity index (χ2n) is 6.02. The Morgan fingerprint density at radius 2 is 2.00 bits per heavy atom. The molecular weight excluding hydrogens is 355 g/mol. The fourth-order valence-corrected chi connectivity index (χ4v) is 3.78. The molecule has 1 atom stereocenters. The van der Waals surface area contributed by atoms with Crippen molar-refractivity contribution >= 4 is 28.3 Å². The number of hydrogen-bond acceptors (Lipinski definition) is 2. The predicted molar refractivity (Wildman–Crippen MR) is 90.5 cm³/mol. The number of nitrogens with one attached hydrogen (secondary N) is 1. The highest BCUT2D eigenvalue weighted by Gasteiger charge is 2.28. The second kappa shape index (κ2) is 7.91. The monoisotopic (exact) mass is 376 g/mol. The lowest BCUT2D eigenvalue weighted by molar-refractivity contribution is 0.192. The van der Waals surface area contributed by atoms with Crippen molar-refractivity contribution in [2.75, 3.05) is 26.2 Å².